The molecule has 0 fully saturated rings. The minimum absolute atomic E-state index is 0.0485. The minimum atomic E-state index is -4.65. The summed E-state index contributed by atoms with van der Waals surface area (Å²) in [4.78, 5) is 12.5. The van der Waals surface area contributed by atoms with Crippen molar-refractivity contribution >= 4 is 11.7 Å². The number of halogens is 3. The first-order chi connectivity index (χ1) is 12.9. The van der Waals surface area contributed by atoms with E-state index in [4.69, 9.17) is 9.47 Å². The number of nitrogens with zero attached hydrogens (tertiary/aromatic N) is 1. The zero-order valence-electron chi connectivity index (χ0n) is 13.6. The van der Waals surface area contributed by atoms with E-state index in [0.717, 1.165) is 0 Å². The molecule has 0 radical (unpaired) electrons. The highest BCUT2D eigenvalue weighted by Gasteiger charge is 2.38. The van der Waals surface area contributed by atoms with Crippen LogP contribution < -0.4 is 14.8 Å². The van der Waals surface area contributed by atoms with Gasteiger partial charge in [0.1, 0.15) is 5.69 Å². The zero-order chi connectivity index (χ0) is 19.0. The smallest absolute Gasteiger partial charge is 0.433 e. The molecule has 9 heteroatoms. The Bertz CT molecular complexity index is 1000. The number of alkyl halides is 3. The van der Waals surface area contributed by atoms with Gasteiger partial charge in [-0.3, -0.25) is 9.89 Å². The Morgan fingerprint density at radius 1 is 1.07 bits per heavy atom. The summed E-state index contributed by atoms with van der Waals surface area (Å²) >= 11 is 0. The second-order valence-corrected chi connectivity index (χ2v) is 5.71. The summed E-state index contributed by atoms with van der Waals surface area (Å²) < 4.78 is 50.4. The molecule has 3 aromatic rings. The fourth-order valence-electron chi connectivity index (χ4n) is 2.74. The molecule has 2 aromatic carbocycles. The van der Waals surface area contributed by atoms with E-state index in [1.165, 1.54) is 24.3 Å². The Morgan fingerprint density at radius 3 is 2.56 bits per heavy atom. The summed E-state index contributed by atoms with van der Waals surface area (Å²) in [7, 11) is 0. The molecule has 27 heavy (non-hydrogen) atoms. The van der Waals surface area contributed by atoms with Gasteiger partial charge < -0.3 is 14.8 Å². The molecule has 0 unspecified atom stereocenters. The number of rotatable bonds is 3. The maximum atomic E-state index is 13.3. The molecule has 1 aliphatic rings. The van der Waals surface area contributed by atoms with Crippen LogP contribution in [0.2, 0.25) is 0 Å². The van der Waals surface area contributed by atoms with Gasteiger partial charge in [0.05, 0.1) is 5.56 Å². The van der Waals surface area contributed by atoms with Gasteiger partial charge >= 0.3 is 6.18 Å². The molecule has 1 amide bonds. The van der Waals surface area contributed by atoms with Gasteiger partial charge in [0, 0.05) is 5.56 Å². The molecule has 0 bridgehead atoms. The van der Waals surface area contributed by atoms with Gasteiger partial charge in [-0.05, 0) is 23.8 Å². The maximum Gasteiger partial charge on any atom is 0.433 e. The van der Waals surface area contributed by atoms with E-state index >= 15 is 0 Å². The van der Waals surface area contributed by atoms with Gasteiger partial charge in [-0.2, -0.15) is 18.3 Å². The summed E-state index contributed by atoms with van der Waals surface area (Å²) in [5.74, 6) is 0.0569. The van der Waals surface area contributed by atoms with E-state index in [0.29, 0.717) is 11.5 Å². The normalized spacial score (nSPS) is 12.9. The standard InChI is InChI=1S/C18H12F3N3O3/c19-18(20,21)15-14(10-4-2-1-3-5-10)16(24-23-15)22-17(25)11-6-7-12-13(8-11)27-9-26-12/h1-8H,9H2,(H2,22,23,24,25). The number of carbonyl (C=O) groups excluding carboxylic acids is 1. The Hall–Kier alpha value is -3.49. The van der Waals surface area contributed by atoms with Crippen molar-refractivity contribution in [2.45, 2.75) is 6.18 Å². The van der Waals surface area contributed by atoms with Crippen LogP contribution in [0, 0.1) is 0 Å². The largest absolute Gasteiger partial charge is 0.454 e. The lowest BCUT2D eigenvalue weighted by molar-refractivity contribution is -0.140. The summed E-state index contributed by atoms with van der Waals surface area (Å²) in [6.45, 7) is 0.0485. The maximum absolute atomic E-state index is 13.3. The Labute approximate surface area is 150 Å². The van der Waals surface area contributed by atoms with Gasteiger partial charge in [-0.1, -0.05) is 30.3 Å². The van der Waals surface area contributed by atoms with E-state index in [1.807, 2.05) is 5.10 Å². The third-order valence-corrected chi connectivity index (χ3v) is 3.98. The lowest BCUT2D eigenvalue weighted by Gasteiger charge is -2.10. The topological polar surface area (TPSA) is 76.2 Å². The minimum Gasteiger partial charge on any atom is -0.454 e. The number of H-pyrrole nitrogens is 1. The average Bonchev–Trinajstić information content (AvgIpc) is 3.28. The van der Waals surface area contributed by atoms with Crippen molar-refractivity contribution in [3.8, 4) is 22.6 Å². The first-order valence-corrected chi connectivity index (χ1v) is 7.85. The molecular formula is C18H12F3N3O3. The van der Waals surface area contributed by atoms with E-state index in [1.54, 1.807) is 24.3 Å². The van der Waals surface area contributed by atoms with Crippen LogP contribution in [-0.2, 0) is 6.18 Å². The molecule has 0 aliphatic carbocycles. The number of aromatic nitrogens is 2. The number of benzene rings is 2. The second-order valence-electron chi connectivity index (χ2n) is 5.71. The molecule has 0 spiro atoms. The molecule has 2 N–H and O–H groups in total. The number of ether oxygens (including phenoxy) is 2. The zero-order valence-corrected chi connectivity index (χ0v) is 13.6. The first-order valence-electron chi connectivity index (χ1n) is 7.85. The van der Waals surface area contributed by atoms with E-state index in [-0.39, 0.29) is 29.3 Å². The van der Waals surface area contributed by atoms with Crippen LogP contribution in [-0.4, -0.2) is 22.9 Å². The first kappa shape index (κ1) is 17.0. The Morgan fingerprint density at radius 2 is 1.81 bits per heavy atom. The van der Waals surface area contributed by atoms with Crippen molar-refractivity contribution in [3.05, 3.63) is 59.8 Å². The van der Waals surface area contributed by atoms with E-state index in [2.05, 4.69) is 10.4 Å². The number of nitrogens with one attached hydrogen (secondary N) is 2. The SMILES string of the molecule is O=C(Nc1n[nH]c(C(F)(F)F)c1-c1ccccc1)c1ccc2c(c1)OCO2. The van der Waals surface area contributed by atoms with Gasteiger partial charge in [-0.15, -0.1) is 0 Å². The highest BCUT2D eigenvalue weighted by Crippen LogP contribution is 2.40. The third-order valence-electron chi connectivity index (χ3n) is 3.98. The molecule has 0 atom stereocenters. The number of aromatic amines is 1. The Kier molecular flexibility index (Phi) is 3.98. The van der Waals surface area contributed by atoms with Gasteiger partial charge in [0.2, 0.25) is 6.79 Å². The van der Waals surface area contributed by atoms with E-state index < -0.39 is 17.8 Å². The average molecular weight is 375 g/mol. The molecule has 0 saturated carbocycles. The lowest BCUT2D eigenvalue weighted by atomic mass is 10.0. The highest BCUT2D eigenvalue weighted by molar-refractivity contribution is 6.06. The van der Waals surface area contributed by atoms with Gasteiger partial charge in [0.15, 0.2) is 17.3 Å². The molecule has 4 rings (SSSR count). The van der Waals surface area contributed by atoms with Crippen LogP contribution in [0.25, 0.3) is 11.1 Å². The number of amides is 1. The van der Waals surface area contributed by atoms with Crippen molar-refractivity contribution in [2.24, 2.45) is 0 Å². The molecule has 6 nitrogen and oxygen atoms in total. The molecule has 0 saturated heterocycles. The highest BCUT2D eigenvalue weighted by atomic mass is 19.4. The molecule has 138 valence electrons. The van der Waals surface area contributed by atoms with Crippen molar-refractivity contribution in [1.82, 2.24) is 10.2 Å². The van der Waals surface area contributed by atoms with Crippen molar-refractivity contribution in [2.75, 3.05) is 12.1 Å². The molecule has 1 aromatic heterocycles. The van der Waals surface area contributed by atoms with Crippen LogP contribution in [0.1, 0.15) is 16.1 Å². The molecule has 1 aliphatic heterocycles. The van der Waals surface area contributed by atoms with Crippen LogP contribution in [0.5, 0.6) is 11.5 Å². The van der Waals surface area contributed by atoms with Crippen LogP contribution in [0.15, 0.2) is 48.5 Å². The quantitative estimate of drug-likeness (QED) is 0.723. The van der Waals surface area contributed by atoms with Crippen molar-refractivity contribution < 1.29 is 27.4 Å². The Balaban J connectivity index is 1.70. The summed E-state index contributed by atoms with van der Waals surface area (Å²) in [6, 6.07) is 12.4. The number of anilines is 1. The van der Waals surface area contributed by atoms with Crippen LogP contribution >= 0.6 is 0 Å². The fourth-order valence-corrected chi connectivity index (χ4v) is 2.74. The summed E-state index contributed by atoms with van der Waals surface area (Å²) in [5.41, 5.74) is -0.777. The monoisotopic (exact) mass is 375 g/mol. The predicted molar refractivity (Wildman–Crippen MR) is 89.5 cm³/mol. The third kappa shape index (κ3) is 3.19. The number of hydrogen-bond acceptors (Lipinski definition) is 4. The fraction of sp³-hybridized carbons (Fsp3) is 0.111. The number of carbonyl (C=O) groups is 1. The second kappa shape index (κ2) is 6.35. The van der Waals surface area contributed by atoms with Crippen molar-refractivity contribution in [1.29, 1.82) is 0 Å². The van der Waals surface area contributed by atoms with Gasteiger partial charge in [0.25, 0.3) is 5.91 Å². The lowest BCUT2D eigenvalue weighted by Crippen LogP contribution is -2.13. The summed E-state index contributed by atoms with van der Waals surface area (Å²) in [6.07, 6.45) is -4.65. The van der Waals surface area contributed by atoms with Crippen LogP contribution in [0.3, 0.4) is 0 Å². The summed E-state index contributed by atoms with van der Waals surface area (Å²) in [5, 5.41) is 8.07. The molecular weight excluding hydrogens is 363 g/mol. The van der Waals surface area contributed by atoms with E-state index in [9.17, 15) is 18.0 Å². The molecule has 2 heterocycles. The predicted octanol–water partition coefficient (Wildman–Crippen LogP) is 4.08. The van der Waals surface area contributed by atoms with Crippen LogP contribution in [0.4, 0.5) is 19.0 Å². The number of fused-ring (bicyclic) bond motifs is 1. The van der Waals surface area contributed by atoms with Gasteiger partial charge in [-0.25, -0.2) is 0 Å². The van der Waals surface area contributed by atoms with Crippen molar-refractivity contribution in [3.63, 3.8) is 0 Å². The number of hydrogen-bond donors (Lipinski definition) is 2.